The second-order valence-corrected chi connectivity index (χ2v) is 7.23. The SMILES string of the molecule is CCCCCCNC(=O)CC(c1cccc(OC)c1)c1c[nH]c2ccccc12. The van der Waals surface area contributed by atoms with Crippen LogP contribution in [0.1, 0.15) is 56.1 Å². The molecule has 4 heteroatoms. The molecule has 0 saturated heterocycles. The molecule has 0 aliphatic heterocycles. The number of fused-ring (bicyclic) bond motifs is 1. The molecular weight excluding hydrogens is 348 g/mol. The van der Waals surface area contributed by atoms with Crippen molar-refractivity contribution in [3.8, 4) is 5.75 Å². The molecule has 0 aliphatic rings. The molecular formula is C24H30N2O2. The maximum absolute atomic E-state index is 12.7. The van der Waals surface area contributed by atoms with E-state index in [1.807, 2.05) is 36.5 Å². The highest BCUT2D eigenvalue weighted by Crippen LogP contribution is 2.34. The molecule has 0 radical (unpaired) electrons. The van der Waals surface area contributed by atoms with E-state index in [9.17, 15) is 4.79 Å². The van der Waals surface area contributed by atoms with Gasteiger partial charge in [0.15, 0.2) is 0 Å². The van der Waals surface area contributed by atoms with Gasteiger partial charge in [0.1, 0.15) is 5.75 Å². The van der Waals surface area contributed by atoms with E-state index < -0.39 is 0 Å². The molecule has 0 spiro atoms. The summed E-state index contributed by atoms with van der Waals surface area (Å²) in [6.07, 6.45) is 7.07. The highest BCUT2D eigenvalue weighted by atomic mass is 16.5. The number of methoxy groups -OCH3 is 1. The first kappa shape index (κ1) is 20.0. The number of unbranched alkanes of at least 4 members (excludes halogenated alkanes) is 3. The van der Waals surface area contributed by atoms with Gasteiger partial charge in [-0.15, -0.1) is 0 Å². The number of aromatic amines is 1. The minimum Gasteiger partial charge on any atom is -0.497 e. The number of para-hydroxylation sites is 1. The molecule has 0 bridgehead atoms. The lowest BCUT2D eigenvalue weighted by Crippen LogP contribution is -2.26. The molecule has 0 aliphatic carbocycles. The van der Waals surface area contributed by atoms with E-state index in [4.69, 9.17) is 4.74 Å². The molecule has 148 valence electrons. The maximum atomic E-state index is 12.7. The Morgan fingerprint density at radius 2 is 1.96 bits per heavy atom. The Kier molecular flexibility index (Phi) is 7.12. The third-order valence-corrected chi connectivity index (χ3v) is 5.23. The molecule has 3 rings (SSSR count). The van der Waals surface area contributed by atoms with Gasteiger partial charge in [0.2, 0.25) is 5.91 Å². The largest absolute Gasteiger partial charge is 0.497 e. The first-order chi connectivity index (χ1) is 13.7. The molecule has 1 heterocycles. The zero-order valence-electron chi connectivity index (χ0n) is 16.8. The average molecular weight is 379 g/mol. The van der Waals surface area contributed by atoms with E-state index >= 15 is 0 Å². The van der Waals surface area contributed by atoms with Crippen LogP contribution in [0.4, 0.5) is 0 Å². The second-order valence-electron chi connectivity index (χ2n) is 7.23. The standard InChI is InChI=1S/C24H30N2O2/c1-3-4-5-8-14-25-24(27)16-21(18-10-9-11-19(15-18)28-2)22-17-26-23-13-7-6-12-20(22)23/h6-7,9-13,15,17,21,26H,3-5,8,14,16H2,1-2H3,(H,25,27). The van der Waals surface area contributed by atoms with Crippen molar-refractivity contribution < 1.29 is 9.53 Å². The molecule has 2 N–H and O–H groups in total. The fourth-order valence-electron chi connectivity index (χ4n) is 3.69. The van der Waals surface area contributed by atoms with E-state index in [1.54, 1.807) is 7.11 Å². The Morgan fingerprint density at radius 1 is 1.11 bits per heavy atom. The lowest BCUT2D eigenvalue weighted by atomic mass is 9.88. The topological polar surface area (TPSA) is 54.1 Å². The molecule has 0 saturated carbocycles. The minimum atomic E-state index is -0.0260. The van der Waals surface area contributed by atoms with E-state index in [-0.39, 0.29) is 11.8 Å². The Morgan fingerprint density at radius 3 is 2.79 bits per heavy atom. The number of carbonyl (C=O) groups excluding carboxylic acids is 1. The number of hydrogen-bond acceptors (Lipinski definition) is 2. The quantitative estimate of drug-likeness (QED) is 0.464. The van der Waals surface area contributed by atoms with Gasteiger partial charge in [-0.2, -0.15) is 0 Å². The van der Waals surface area contributed by atoms with Crippen LogP contribution in [0.3, 0.4) is 0 Å². The van der Waals surface area contributed by atoms with Crippen LogP contribution >= 0.6 is 0 Å². The number of amides is 1. The maximum Gasteiger partial charge on any atom is 0.220 e. The minimum absolute atomic E-state index is 0.0260. The number of aromatic nitrogens is 1. The molecule has 4 nitrogen and oxygen atoms in total. The zero-order valence-corrected chi connectivity index (χ0v) is 16.8. The molecule has 1 aromatic heterocycles. The van der Waals surface area contributed by atoms with Gasteiger partial charge < -0.3 is 15.0 Å². The van der Waals surface area contributed by atoms with Crippen molar-refractivity contribution >= 4 is 16.8 Å². The summed E-state index contributed by atoms with van der Waals surface area (Å²) in [6.45, 7) is 2.94. The molecule has 1 atom stereocenters. The van der Waals surface area contributed by atoms with Gasteiger partial charge in [0.05, 0.1) is 7.11 Å². The number of hydrogen-bond donors (Lipinski definition) is 2. The Bertz CT molecular complexity index is 900. The summed E-state index contributed by atoms with van der Waals surface area (Å²) in [7, 11) is 1.67. The lowest BCUT2D eigenvalue weighted by molar-refractivity contribution is -0.121. The van der Waals surface area contributed by atoms with Crippen LogP contribution < -0.4 is 10.1 Å². The third-order valence-electron chi connectivity index (χ3n) is 5.23. The van der Waals surface area contributed by atoms with Crippen LogP contribution in [-0.4, -0.2) is 24.5 Å². The summed E-state index contributed by atoms with van der Waals surface area (Å²) in [5.74, 6) is 0.874. The van der Waals surface area contributed by atoms with Crippen molar-refractivity contribution in [1.29, 1.82) is 0 Å². The summed E-state index contributed by atoms with van der Waals surface area (Å²) < 4.78 is 5.41. The summed E-state index contributed by atoms with van der Waals surface area (Å²) in [6, 6.07) is 16.3. The highest BCUT2D eigenvalue weighted by molar-refractivity contribution is 5.86. The fraction of sp³-hybridized carbons (Fsp3) is 0.375. The number of nitrogens with one attached hydrogen (secondary N) is 2. The highest BCUT2D eigenvalue weighted by Gasteiger charge is 2.21. The van der Waals surface area contributed by atoms with Crippen LogP contribution in [0.25, 0.3) is 10.9 Å². The number of rotatable bonds is 10. The number of benzene rings is 2. The Hall–Kier alpha value is -2.75. The van der Waals surface area contributed by atoms with Crippen LogP contribution in [0, 0.1) is 0 Å². The Labute approximate surface area is 167 Å². The summed E-state index contributed by atoms with van der Waals surface area (Å²) in [5, 5.41) is 4.26. The van der Waals surface area contributed by atoms with Crippen LogP contribution in [-0.2, 0) is 4.79 Å². The van der Waals surface area contributed by atoms with Gasteiger partial charge >= 0.3 is 0 Å². The van der Waals surface area contributed by atoms with Crippen molar-refractivity contribution in [2.24, 2.45) is 0 Å². The molecule has 28 heavy (non-hydrogen) atoms. The van der Waals surface area contributed by atoms with Crippen LogP contribution in [0.15, 0.2) is 54.7 Å². The summed E-state index contributed by atoms with van der Waals surface area (Å²) in [5.41, 5.74) is 3.32. The number of carbonyl (C=O) groups is 1. The fourth-order valence-corrected chi connectivity index (χ4v) is 3.69. The van der Waals surface area contributed by atoms with Gasteiger partial charge in [-0.05, 0) is 35.7 Å². The molecule has 1 amide bonds. The van der Waals surface area contributed by atoms with Crippen molar-refractivity contribution in [3.63, 3.8) is 0 Å². The van der Waals surface area contributed by atoms with Crippen molar-refractivity contribution in [1.82, 2.24) is 10.3 Å². The normalized spacial score (nSPS) is 12.1. The first-order valence-corrected chi connectivity index (χ1v) is 10.2. The molecule has 1 unspecified atom stereocenters. The third kappa shape index (κ3) is 4.94. The van der Waals surface area contributed by atoms with E-state index in [0.29, 0.717) is 6.42 Å². The smallest absolute Gasteiger partial charge is 0.220 e. The number of H-pyrrole nitrogens is 1. The van der Waals surface area contributed by atoms with Crippen LogP contribution in [0.2, 0.25) is 0 Å². The predicted molar refractivity (Wildman–Crippen MR) is 115 cm³/mol. The van der Waals surface area contributed by atoms with Crippen LogP contribution in [0.5, 0.6) is 5.75 Å². The predicted octanol–water partition coefficient (Wildman–Crippen LogP) is 5.40. The monoisotopic (exact) mass is 378 g/mol. The molecule has 0 fully saturated rings. The number of ether oxygens (including phenoxy) is 1. The van der Waals surface area contributed by atoms with Gasteiger partial charge in [-0.3, -0.25) is 4.79 Å². The van der Waals surface area contributed by atoms with Gasteiger partial charge in [-0.1, -0.05) is 56.5 Å². The van der Waals surface area contributed by atoms with Gasteiger partial charge in [0, 0.05) is 36.0 Å². The average Bonchev–Trinajstić information content (AvgIpc) is 3.16. The van der Waals surface area contributed by atoms with E-state index in [0.717, 1.165) is 40.7 Å². The van der Waals surface area contributed by atoms with Gasteiger partial charge in [0.25, 0.3) is 0 Å². The lowest BCUT2D eigenvalue weighted by Gasteiger charge is -2.18. The van der Waals surface area contributed by atoms with Crippen molar-refractivity contribution in [2.45, 2.75) is 44.9 Å². The van der Waals surface area contributed by atoms with Crippen molar-refractivity contribution in [2.75, 3.05) is 13.7 Å². The molecule has 2 aromatic carbocycles. The van der Waals surface area contributed by atoms with Crippen molar-refractivity contribution in [3.05, 3.63) is 65.9 Å². The Balaban J connectivity index is 1.82. The zero-order chi connectivity index (χ0) is 19.8. The second kappa shape index (κ2) is 9.98. The molecule has 3 aromatic rings. The summed E-state index contributed by atoms with van der Waals surface area (Å²) in [4.78, 5) is 16.0. The van der Waals surface area contributed by atoms with E-state index in [2.05, 4.69) is 35.4 Å². The summed E-state index contributed by atoms with van der Waals surface area (Å²) >= 11 is 0. The first-order valence-electron chi connectivity index (χ1n) is 10.2. The van der Waals surface area contributed by atoms with Gasteiger partial charge in [-0.25, -0.2) is 0 Å². The van der Waals surface area contributed by atoms with E-state index in [1.165, 1.54) is 19.3 Å².